The van der Waals surface area contributed by atoms with E-state index in [-0.39, 0.29) is 39.3 Å². The van der Waals surface area contributed by atoms with Crippen molar-refractivity contribution in [3.8, 4) is 11.5 Å². The summed E-state index contributed by atoms with van der Waals surface area (Å²) < 4.78 is 46.4. The first-order valence-electron chi connectivity index (χ1n) is 7.83. The summed E-state index contributed by atoms with van der Waals surface area (Å²) in [5.74, 6) is -0.610. The number of carbonyl (C=O) groups excluding carboxylic acids is 1. The lowest BCUT2D eigenvalue weighted by Crippen LogP contribution is -2.21. The molecule has 0 saturated heterocycles. The smallest absolute Gasteiger partial charge is 0.265 e. The Morgan fingerprint density at radius 3 is 2.70 bits per heavy atom. The fourth-order valence-electron chi connectivity index (χ4n) is 2.49. The molecule has 2 heterocycles. The van der Waals surface area contributed by atoms with Gasteiger partial charge in [0.05, 0.1) is 17.4 Å². The van der Waals surface area contributed by atoms with Crippen LogP contribution < -0.4 is 4.72 Å². The third-order valence-electron chi connectivity index (χ3n) is 3.76. The molecule has 0 bridgehead atoms. The van der Waals surface area contributed by atoms with Crippen LogP contribution in [0.1, 0.15) is 16.1 Å². The predicted molar refractivity (Wildman–Crippen MR) is 96.3 cm³/mol. The van der Waals surface area contributed by atoms with Crippen molar-refractivity contribution in [2.24, 2.45) is 0 Å². The minimum atomic E-state index is -4.02. The number of aromatic nitrogens is 2. The minimum absolute atomic E-state index is 0.0853. The zero-order valence-electron chi connectivity index (χ0n) is 14.8. The molecule has 0 aliphatic rings. The number of rotatable bonds is 5. The third kappa shape index (κ3) is 3.70. The van der Waals surface area contributed by atoms with Crippen LogP contribution in [0.15, 0.2) is 45.8 Å². The highest BCUT2D eigenvalue weighted by Crippen LogP contribution is 2.30. The van der Waals surface area contributed by atoms with E-state index in [0.717, 1.165) is 6.07 Å². The molecule has 3 rings (SSSR count). The van der Waals surface area contributed by atoms with Crippen LogP contribution >= 0.6 is 0 Å². The molecule has 0 radical (unpaired) electrons. The van der Waals surface area contributed by atoms with Crippen molar-refractivity contribution in [3.05, 3.63) is 53.7 Å². The first-order chi connectivity index (χ1) is 12.7. The van der Waals surface area contributed by atoms with Crippen molar-refractivity contribution >= 4 is 21.6 Å². The SMILES string of the molecule is Cc1oc(-c2[nH]ncc2C(=O)N(C)C)cc1S(=O)(=O)Nc1cccc(F)c1. The van der Waals surface area contributed by atoms with Gasteiger partial charge in [0, 0.05) is 20.2 Å². The maximum Gasteiger partial charge on any atom is 0.265 e. The largest absolute Gasteiger partial charge is 0.458 e. The second-order valence-electron chi connectivity index (χ2n) is 6.01. The van der Waals surface area contributed by atoms with E-state index in [4.69, 9.17) is 4.42 Å². The van der Waals surface area contributed by atoms with Crippen molar-refractivity contribution in [1.29, 1.82) is 0 Å². The molecule has 10 heteroatoms. The van der Waals surface area contributed by atoms with E-state index < -0.39 is 15.8 Å². The third-order valence-corrected chi connectivity index (χ3v) is 5.25. The molecule has 0 aliphatic carbocycles. The van der Waals surface area contributed by atoms with E-state index in [1.165, 1.54) is 42.3 Å². The van der Waals surface area contributed by atoms with Crippen LogP contribution in [-0.2, 0) is 10.0 Å². The van der Waals surface area contributed by atoms with Crippen LogP contribution in [-0.4, -0.2) is 43.5 Å². The molecule has 0 fully saturated rings. The van der Waals surface area contributed by atoms with Gasteiger partial charge in [-0.05, 0) is 25.1 Å². The van der Waals surface area contributed by atoms with E-state index in [1.54, 1.807) is 14.1 Å². The summed E-state index contributed by atoms with van der Waals surface area (Å²) in [6, 6.07) is 6.39. The Balaban J connectivity index is 1.98. The molecule has 1 amide bonds. The van der Waals surface area contributed by atoms with Gasteiger partial charge in [0.25, 0.3) is 15.9 Å². The molecule has 0 aliphatic heterocycles. The van der Waals surface area contributed by atoms with Gasteiger partial charge in [-0.1, -0.05) is 6.07 Å². The van der Waals surface area contributed by atoms with Crippen molar-refractivity contribution < 1.29 is 22.0 Å². The summed E-state index contributed by atoms with van der Waals surface area (Å²) in [5.41, 5.74) is 0.599. The molecular weight excluding hydrogens is 375 g/mol. The number of amides is 1. The highest BCUT2D eigenvalue weighted by atomic mass is 32.2. The van der Waals surface area contributed by atoms with Crippen LogP contribution in [0.3, 0.4) is 0 Å². The summed E-state index contributed by atoms with van der Waals surface area (Å²) in [5, 5.41) is 6.49. The zero-order chi connectivity index (χ0) is 19.8. The van der Waals surface area contributed by atoms with Crippen LogP contribution in [0.2, 0.25) is 0 Å². The zero-order valence-corrected chi connectivity index (χ0v) is 15.6. The highest BCUT2D eigenvalue weighted by molar-refractivity contribution is 7.92. The first-order valence-corrected chi connectivity index (χ1v) is 9.31. The molecule has 2 N–H and O–H groups in total. The molecule has 0 saturated carbocycles. The van der Waals surface area contributed by atoms with Crippen LogP contribution in [0.4, 0.5) is 10.1 Å². The number of carbonyl (C=O) groups is 1. The Labute approximate surface area is 155 Å². The Morgan fingerprint density at radius 2 is 2.04 bits per heavy atom. The Hall–Kier alpha value is -3.14. The summed E-state index contributed by atoms with van der Waals surface area (Å²) in [4.78, 5) is 13.5. The van der Waals surface area contributed by atoms with Gasteiger partial charge in [-0.3, -0.25) is 14.6 Å². The second kappa shape index (κ2) is 6.88. The van der Waals surface area contributed by atoms with Gasteiger partial charge in [-0.2, -0.15) is 5.10 Å². The number of hydrogen-bond donors (Lipinski definition) is 2. The van der Waals surface area contributed by atoms with Crippen molar-refractivity contribution in [2.75, 3.05) is 18.8 Å². The topological polar surface area (TPSA) is 108 Å². The number of halogens is 1. The fourth-order valence-corrected chi connectivity index (χ4v) is 3.72. The Morgan fingerprint density at radius 1 is 1.30 bits per heavy atom. The van der Waals surface area contributed by atoms with Gasteiger partial charge in [0.1, 0.15) is 22.2 Å². The Bertz CT molecular complexity index is 1100. The lowest BCUT2D eigenvalue weighted by atomic mass is 10.2. The van der Waals surface area contributed by atoms with E-state index in [2.05, 4.69) is 14.9 Å². The number of sulfonamides is 1. The molecule has 1 aromatic carbocycles. The van der Waals surface area contributed by atoms with E-state index >= 15 is 0 Å². The van der Waals surface area contributed by atoms with E-state index in [9.17, 15) is 17.6 Å². The molecule has 8 nitrogen and oxygen atoms in total. The molecule has 27 heavy (non-hydrogen) atoms. The van der Waals surface area contributed by atoms with E-state index in [0.29, 0.717) is 0 Å². The number of benzene rings is 1. The molecular formula is C17H17FN4O4S. The van der Waals surface area contributed by atoms with Gasteiger partial charge in [0.2, 0.25) is 0 Å². The van der Waals surface area contributed by atoms with Gasteiger partial charge in [-0.25, -0.2) is 12.8 Å². The van der Waals surface area contributed by atoms with Crippen LogP contribution in [0.5, 0.6) is 0 Å². The van der Waals surface area contributed by atoms with Gasteiger partial charge in [-0.15, -0.1) is 0 Å². The molecule has 0 unspecified atom stereocenters. The number of nitrogens with zero attached hydrogens (tertiary/aromatic N) is 2. The molecule has 142 valence electrons. The average molecular weight is 392 g/mol. The molecule has 0 atom stereocenters. The Kier molecular flexibility index (Phi) is 4.75. The number of H-pyrrole nitrogens is 1. The minimum Gasteiger partial charge on any atom is -0.458 e. The number of aryl methyl sites for hydroxylation is 1. The lowest BCUT2D eigenvalue weighted by Gasteiger charge is -2.08. The lowest BCUT2D eigenvalue weighted by molar-refractivity contribution is 0.0828. The van der Waals surface area contributed by atoms with Gasteiger partial charge < -0.3 is 9.32 Å². The first kappa shape index (κ1) is 18.6. The summed E-state index contributed by atoms with van der Waals surface area (Å²) in [6.07, 6.45) is 1.34. The summed E-state index contributed by atoms with van der Waals surface area (Å²) in [7, 11) is -0.843. The van der Waals surface area contributed by atoms with Crippen molar-refractivity contribution in [1.82, 2.24) is 15.1 Å². The van der Waals surface area contributed by atoms with Crippen molar-refractivity contribution in [3.63, 3.8) is 0 Å². The number of aromatic amines is 1. The quantitative estimate of drug-likeness (QED) is 0.694. The number of nitrogens with one attached hydrogen (secondary N) is 2. The number of anilines is 1. The van der Waals surface area contributed by atoms with Crippen LogP contribution in [0.25, 0.3) is 11.5 Å². The molecule has 2 aromatic heterocycles. The van der Waals surface area contributed by atoms with Crippen LogP contribution in [0, 0.1) is 12.7 Å². The van der Waals surface area contributed by atoms with E-state index in [1.807, 2.05) is 0 Å². The molecule has 0 spiro atoms. The highest BCUT2D eigenvalue weighted by Gasteiger charge is 2.25. The average Bonchev–Trinajstić information content (AvgIpc) is 3.20. The number of hydrogen-bond acceptors (Lipinski definition) is 5. The van der Waals surface area contributed by atoms with Crippen molar-refractivity contribution in [2.45, 2.75) is 11.8 Å². The summed E-state index contributed by atoms with van der Waals surface area (Å²) in [6.45, 7) is 1.48. The maximum atomic E-state index is 13.3. The fraction of sp³-hybridized carbons (Fsp3) is 0.176. The second-order valence-corrected chi connectivity index (χ2v) is 7.66. The number of furan rings is 1. The molecule has 3 aromatic rings. The normalized spacial score (nSPS) is 11.4. The standard InChI is InChI=1S/C17H17FN4O4S/c1-10-15(27(24,25)21-12-6-4-5-11(18)7-12)8-14(26-10)16-13(9-19-20-16)17(23)22(2)3/h4-9,21H,1-3H3,(H,19,20). The monoisotopic (exact) mass is 392 g/mol. The van der Waals surface area contributed by atoms with Gasteiger partial charge >= 0.3 is 0 Å². The summed E-state index contributed by atoms with van der Waals surface area (Å²) >= 11 is 0. The maximum absolute atomic E-state index is 13.3. The van der Waals surface area contributed by atoms with Gasteiger partial charge in [0.15, 0.2) is 5.76 Å². The predicted octanol–water partition coefficient (Wildman–Crippen LogP) is 2.62.